The van der Waals surface area contributed by atoms with Crippen LogP contribution in [0.25, 0.3) is 6.08 Å². The molecular formula is C12H13N. The molecule has 0 heterocycles. The van der Waals surface area contributed by atoms with Gasteiger partial charge in [0.1, 0.15) is 0 Å². The fourth-order valence-corrected chi connectivity index (χ4v) is 1.66. The first kappa shape index (κ1) is 8.27. The molecule has 1 aliphatic carbocycles. The van der Waals surface area contributed by atoms with Gasteiger partial charge in [-0.05, 0) is 23.1 Å². The maximum atomic E-state index is 5.67. The second kappa shape index (κ2) is 3.58. The van der Waals surface area contributed by atoms with Crippen molar-refractivity contribution in [1.29, 1.82) is 0 Å². The highest BCUT2D eigenvalue weighted by atomic mass is 14.5. The fourth-order valence-electron chi connectivity index (χ4n) is 1.66. The Kier molecular flexibility index (Phi) is 2.28. The largest absolute Gasteiger partial charge is 0.326 e. The average Bonchev–Trinajstić information content (AvgIpc) is 2.41. The van der Waals surface area contributed by atoms with Gasteiger partial charge in [-0.1, -0.05) is 42.5 Å². The minimum absolute atomic E-state index is 0.619. The SMILES string of the molecule is NCc1cccc2c1C=CC=CC2. The van der Waals surface area contributed by atoms with Gasteiger partial charge in [0, 0.05) is 6.54 Å². The van der Waals surface area contributed by atoms with Gasteiger partial charge in [0.15, 0.2) is 0 Å². The number of rotatable bonds is 1. The van der Waals surface area contributed by atoms with Gasteiger partial charge in [0.25, 0.3) is 0 Å². The van der Waals surface area contributed by atoms with Crippen molar-refractivity contribution in [3.63, 3.8) is 0 Å². The van der Waals surface area contributed by atoms with Crippen LogP contribution in [0.4, 0.5) is 0 Å². The van der Waals surface area contributed by atoms with E-state index in [0.29, 0.717) is 6.54 Å². The first-order chi connectivity index (χ1) is 6.42. The summed E-state index contributed by atoms with van der Waals surface area (Å²) in [5, 5.41) is 0. The lowest BCUT2D eigenvalue weighted by molar-refractivity contribution is 1.05. The van der Waals surface area contributed by atoms with Gasteiger partial charge in [0.05, 0.1) is 0 Å². The smallest absolute Gasteiger partial charge is 0.0184 e. The Hall–Kier alpha value is -1.34. The highest BCUT2D eigenvalue weighted by molar-refractivity contribution is 5.61. The van der Waals surface area contributed by atoms with Gasteiger partial charge in [-0.15, -0.1) is 0 Å². The standard InChI is InChI=1S/C12H13N/c13-9-11-7-4-6-10-5-2-1-3-8-12(10)11/h1-4,6-8H,5,9,13H2. The zero-order chi connectivity index (χ0) is 9.10. The van der Waals surface area contributed by atoms with Crippen LogP contribution in [0.15, 0.2) is 36.4 Å². The topological polar surface area (TPSA) is 26.0 Å². The van der Waals surface area contributed by atoms with Gasteiger partial charge in [0.2, 0.25) is 0 Å². The van der Waals surface area contributed by atoms with Crippen LogP contribution in [0.5, 0.6) is 0 Å². The monoisotopic (exact) mass is 171 g/mol. The third-order valence-electron chi connectivity index (χ3n) is 2.35. The molecule has 0 saturated carbocycles. The van der Waals surface area contributed by atoms with Crippen molar-refractivity contribution < 1.29 is 0 Å². The van der Waals surface area contributed by atoms with Gasteiger partial charge >= 0.3 is 0 Å². The van der Waals surface area contributed by atoms with Crippen LogP contribution in [0.2, 0.25) is 0 Å². The lowest BCUT2D eigenvalue weighted by Crippen LogP contribution is -2.01. The van der Waals surface area contributed by atoms with Crippen molar-refractivity contribution in [2.45, 2.75) is 13.0 Å². The quantitative estimate of drug-likeness (QED) is 0.689. The molecule has 0 atom stereocenters. The number of allylic oxidation sites excluding steroid dienone is 3. The fraction of sp³-hybridized carbons (Fsp3) is 0.167. The summed E-state index contributed by atoms with van der Waals surface area (Å²) in [6.07, 6.45) is 9.48. The normalized spacial score (nSPS) is 13.9. The van der Waals surface area contributed by atoms with E-state index in [1.165, 1.54) is 16.7 Å². The Morgan fingerprint density at radius 2 is 2.15 bits per heavy atom. The molecule has 0 radical (unpaired) electrons. The molecular weight excluding hydrogens is 158 g/mol. The summed E-state index contributed by atoms with van der Waals surface area (Å²) in [6.45, 7) is 0.619. The van der Waals surface area contributed by atoms with Gasteiger partial charge in [-0.2, -0.15) is 0 Å². The molecule has 1 aliphatic rings. The van der Waals surface area contributed by atoms with Gasteiger partial charge < -0.3 is 5.73 Å². The minimum Gasteiger partial charge on any atom is -0.326 e. The lowest BCUT2D eigenvalue weighted by atomic mass is 9.99. The van der Waals surface area contributed by atoms with Crippen molar-refractivity contribution in [2.24, 2.45) is 5.73 Å². The summed E-state index contributed by atoms with van der Waals surface area (Å²) >= 11 is 0. The molecule has 66 valence electrons. The number of nitrogens with two attached hydrogens (primary N) is 1. The summed E-state index contributed by atoms with van der Waals surface area (Å²) in [6, 6.07) is 6.33. The van der Waals surface area contributed by atoms with Crippen LogP contribution in [0.1, 0.15) is 16.7 Å². The molecule has 0 aromatic heterocycles. The van der Waals surface area contributed by atoms with Crippen LogP contribution in [0.3, 0.4) is 0 Å². The summed E-state index contributed by atoms with van der Waals surface area (Å²) in [7, 11) is 0. The summed E-state index contributed by atoms with van der Waals surface area (Å²) in [5.74, 6) is 0. The van der Waals surface area contributed by atoms with E-state index in [1.807, 2.05) is 0 Å². The van der Waals surface area contributed by atoms with E-state index in [0.717, 1.165) is 6.42 Å². The predicted molar refractivity (Wildman–Crippen MR) is 56.2 cm³/mol. The molecule has 1 aromatic carbocycles. The molecule has 0 saturated heterocycles. The maximum absolute atomic E-state index is 5.67. The molecule has 13 heavy (non-hydrogen) atoms. The number of hydrogen-bond donors (Lipinski definition) is 1. The van der Waals surface area contributed by atoms with Crippen molar-refractivity contribution in [3.8, 4) is 0 Å². The number of benzene rings is 1. The molecule has 2 N–H and O–H groups in total. The minimum atomic E-state index is 0.619. The van der Waals surface area contributed by atoms with E-state index in [4.69, 9.17) is 5.73 Å². The predicted octanol–water partition coefficient (Wildman–Crippen LogP) is 2.27. The highest BCUT2D eigenvalue weighted by Crippen LogP contribution is 2.19. The molecule has 2 rings (SSSR count). The third-order valence-corrected chi connectivity index (χ3v) is 2.35. The van der Waals surface area contributed by atoms with E-state index in [-0.39, 0.29) is 0 Å². The van der Waals surface area contributed by atoms with Crippen LogP contribution in [-0.2, 0) is 13.0 Å². The van der Waals surface area contributed by atoms with E-state index < -0.39 is 0 Å². The van der Waals surface area contributed by atoms with Crippen LogP contribution < -0.4 is 5.73 Å². The van der Waals surface area contributed by atoms with Crippen LogP contribution in [0, 0.1) is 0 Å². The highest BCUT2D eigenvalue weighted by Gasteiger charge is 2.03. The van der Waals surface area contributed by atoms with Gasteiger partial charge in [-0.25, -0.2) is 0 Å². The molecule has 1 nitrogen and oxygen atoms in total. The Balaban J connectivity index is 2.55. The van der Waals surface area contributed by atoms with Crippen LogP contribution in [-0.4, -0.2) is 0 Å². The molecule has 0 unspecified atom stereocenters. The number of fused-ring (bicyclic) bond motifs is 1. The molecule has 0 fully saturated rings. The van der Waals surface area contributed by atoms with E-state index >= 15 is 0 Å². The first-order valence-electron chi connectivity index (χ1n) is 4.56. The first-order valence-corrected chi connectivity index (χ1v) is 4.56. The zero-order valence-electron chi connectivity index (χ0n) is 7.53. The number of hydrogen-bond acceptors (Lipinski definition) is 1. The zero-order valence-corrected chi connectivity index (χ0v) is 7.53. The Labute approximate surface area is 78.6 Å². The Morgan fingerprint density at radius 3 is 3.00 bits per heavy atom. The summed E-state index contributed by atoms with van der Waals surface area (Å²) in [4.78, 5) is 0. The van der Waals surface area contributed by atoms with E-state index in [1.54, 1.807) is 0 Å². The van der Waals surface area contributed by atoms with Crippen LogP contribution >= 0.6 is 0 Å². The maximum Gasteiger partial charge on any atom is 0.0184 e. The Morgan fingerprint density at radius 1 is 1.23 bits per heavy atom. The summed E-state index contributed by atoms with van der Waals surface area (Å²) in [5.41, 5.74) is 9.57. The van der Waals surface area contributed by atoms with Gasteiger partial charge in [-0.3, -0.25) is 0 Å². The molecule has 0 aliphatic heterocycles. The van der Waals surface area contributed by atoms with Crippen molar-refractivity contribution in [1.82, 2.24) is 0 Å². The summed E-state index contributed by atoms with van der Waals surface area (Å²) < 4.78 is 0. The molecule has 0 bridgehead atoms. The molecule has 1 heteroatoms. The average molecular weight is 171 g/mol. The van der Waals surface area contributed by atoms with E-state index in [2.05, 4.69) is 42.5 Å². The lowest BCUT2D eigenvalue weighted by Gasteiger charge is -2.07. The Bertz CT molecular complexity index is 361. The molecule has 0 spiro atoms. The second-order valence-electron chi connectivity index (χ2n) is 3.19. The van der Waals surface area contributed by atoms with Crippen molar-refractivity contribution in [2.75, 3.05) is 0 Å². The second-order valence-corrected chi connectivity index (χ2v) is 3.19. The van der Waals surface area contributed by atoms with Crippen molar-refractivity contribution >= 4 is 6.08 Å². The molecule has 1 aromatic rings. The van der Waals surface area contributed by atoms with E-state index in [9.17, 15) is 0 Å². The van der Waals surface area contributed by atoms with Crippen molar-refractivity contribution in [3.05, 3.63) is 53.1 Å². The third kappa shape index (κ3) is 1.56. The molecule has 0 amide bonds.